The normalized spacial score (nSPS) is 11.9. The van der Waals surface area contributed by atoms with Crippen LogP contribution in [-0.4, -0.2) is 36.3 Å². The number of aryl methyl sites for hydroxylation is 2. The van der Waals surface area contributed by atoms with Crippen LogP contribution < -0.4 is 5.32 Å². The van der Waals surface area contributed by atoms with Crippen molar-refractivity contribution in [2.75, 3.05) is 0 Å². The Morgan fingerprint density at radius 3 is 2.68 bits per heavy atom. The molecule has 2 heterocycles. The summed E-state index contributed by atoms with van der Waals surface area (Å²) < 4.78 is 19.3. The van der Waals surface area contributed by atoms with Crippen LogP contribution in [0.1, 0.15) is 36.2 Å². The number of rotatable bonds is 8. The number of benzene rings is 2. The second-order valence-electron chi connectivity index (χ2n) is 6.87. The number of aromatic nitrogens is 6. The number of carbonyl (C=O) groups is 1. The highest BCUT2D eigenvalue weighted by atomic mass is 19.1. The predicted octanol–water partition coefficient (Wildman–Crippen LogP) is 2.86. The molecule has 0 aliphatic carbocycles. The van der Waals surface area contributed by atoms with E-state index in [0.717, 1.165) is 5.56 Å². The Bertz CT molecular complexity index is 1160. The fourth-order valence-corrected chi connectivity index (χ4v) is 3.08. The lowest BCUT2D eigenvalue weighted by atomic mass is 10.1. The van der Waals surface area contributed by atoms with E-state index >= 15 is 0 Å². The van der Waals surface area contributed by atoms with Crippen molar-refractivity contribution in [1.29, 1.82) is 0 Å². The molecule has 10 heteroatoms. The first-order valence-electron chi connectivity index (χ1n) is 9.77. The lowest BCUT2D eigenvalue weighted by molar-refractivity contribution is -0.121. The van der Waals surface area contributed by atoms with Crippen LogP contribution in [0.4, 0.5) is 4.39 Å². The minimum absolute atomic E-state index is 0.185. The van der Waals surface area contributed by atoms with Crippen molar-refractivity contribution in [2.24, 2.45) is 0 Å². The van der Waals surface area contributed by atoms with Crippen LogP contribution in [0, 0.1) is 12.7 Å². The Kier molecular flexibility index (Phi) is 6.06. The number of halogens is 1. The summed E-state index contributed by atoms with van der Waals surface area (Å²) in [5, 5.41) is 19.0. The molecule has 4 rings (SSSR count). The molecular formula is C21H20FN7O2. The number of amides is 1. The molecule has 2 aromatic carbocycles. The summed E-state index contributed by atoms with van der Waals surface area (Å²) in [6.45, 7) is 2.05. The van der Waals surface area contributed by atoms with Crippen LogP contribution in [0.15, 0.2) is 59.1 Å². The summed E-state index contributed by atoms with van der Waals surface area (Å²) in [7, 11) is 0. The average Bonchev–Trinajstić information content (AvgIpc) is 3.43. The maximum atomic E-state index is 14.3. The van der Waals surface area contributed by atoms with Crippen molar-refractivity contribution in [3.63, 3.8) is 0 Å². The van der Waals surface area contributed by atoms with Gasteiger partial charge in [0.25, 0.3) is 0 Å². The predicted molar refractivity (Wildman–Crippen MR) is 108 cm³/mol. The highest BCUT2D eigenvalue weighted by Crippen LogP contribution is 2.22. The van der Waals surface area contributed by atoms with Gasteiger partial charge in [-0.3, -0.25) is 4.79 Å². The molecule has 4 aromatic rings. The Balaban J connectivity index is 1.37. The quantitative estimate of drug-likeness (QED) is 0.466. The molecule has 0 spiro atoms. The molecule has 0 aliphatic rings. The second kappa shape index (κ2) is 9.24. The summed E-state index contributed by atoms with van der Waals surface area (Å²) in [6.07, 6.45) is 0.662. The fraction of sp³-hybridized carbons (Fsp3) is 0.238. The van der Waals surface area contributed by atoms with E-state index in [1.54, 1.807) is 25.1 Å². The van der Waals surface area contributed by atoms with Crippen LogP contribution in [0.25, 0.3) is 11.4 Å². The summed E-state index contributed by atoms with van der Waals surface area (Å²) >= 11 is 0. The molecule has 0 radical (unpaired) electrons. The Morgan fingerprint density at radius 2 is 1.94 bits per heavy atom. The van der Waals surface area contributed by atoms with Gasteiger partial charge >= 0.3 is 0 Å². The zero-order valence-corrected chi connectivity index (χ0v) is 16.8. The van der Waals surface area contributed by atoms with Crippen molar-refractivity contribution in [1.82, 2.24) is 35.7 Å². The maximum absolute atomic E-state index is 14.3. The maximum Gasteiger partial charge on any atom is 0.223 e. The van der Waals surface area contributed by atoms with Gasteiger partial charge in [0.05, 0.1) is 6.54 Å². The van der Waals surface area contributed by atoms with Crippen molar-refractivity contribution in [3.8, 4) is 11.4 Å². The minimum atomic E-state index is -0.847. The largest absolute Gasteiger partial charge is 0.342 e. The molecule has 0 bridgehead atoms. The molecule has 0 saturated heterocycles. The van der Waals surface area contributed by atoms with Gasteiger partial charge in [-0.2, -0.15) is 9.78 Å². The number of carbonyl (C=O) groups excluding carboxylic acids is 1. The smallest absolute Gasteiger partial charge is 0.223 e. The van der Waals surface area contributed by atoms with Crippen LogP contribution in [-0.2, 0) is 11.3 Å². The van der Waals surface area contributed by atoms with E-state index in [-0.39, 0.29) is 23.7 Å². The third-order valence-corrected chi connectivity index (χ3v) is 4.57. The van der Waals surface area contributed by atoms with E-state index in [4.69, 9.17) is 4.52 Å². The number of tetrazole rings is 1. The zero-order chi connectivity index (χ0) is 21.6. The molecule has 0 aliphatic heterocycles. The number of hydrogen-bond donors (Lipinski definition) is 1. The first-order valence-corrected chi connectivity index (χ1v) is 9.77. The van der Waals surface area contributed by atoms with Crippen LogP contribution in [0.2, 0.25) is 0 Å². The lowest BCUT2D eigenvalue weighted by Crippen LogP contribution is -2.30. The minimum Gasteiger partial charge on any atom is -0.342 e. The number of nitrogens with one attached hydrogen (secondary N) is 1. The van der Waals surface area contributed by atoms with Gasteiger partial charge in [0.2, 0.25) is 17.6 Å². The van der Waals surface area contributed by atoms with E-state index in [1.165, 1.54) is 10.9 Å². The van der Waals surface area contributed by atoms with Gasteiger partial charge in [-0.15, -0.1) is 10.2 Å². The molecular weight excluding hydrogens is 401 g/mol. The summed E-state index contributed by atoms with van der Waals surface area (Å²) in [5.41, 5.74) is 1.14. The summed E-state index contributed by atoms with van der Waals surface area (Å²) in [5.74, 6) is 0.310. The number of nitrogens with zero attached hydrogens (tertiary/aromatic N) is 6. The fourth-order valence-electron chi connectivity index (χ4n) is 3.08. The molecule has 1 N–H and O–H groups in total. The Labute approximate surface area is 177 Å². The third kappa shape index (κ3) is 4.97. The van der Waals surface area contributed by atoms with Gasteiger partial charge < -0.3 is 9.84 Å². The van der Waals surface area contributed by atoms with Gasteiger partial charge in [0, 0.05) is 24.5 Å². The molecule has 1 unspecified atom stereocenters. The molecule has 1 atom stereocenters. The van der Waals surface area contributed by atoms with Crippen LogP contribution >= 0.6 is 0 Å². The van der Waals surface area contributed by atoms with Crippen molar-refractivity contribution in [3.05, 3.63) is 77.7 Å². The van der Waals surface area contributed by atoms with Crippen molar-refractivity contribution >= 4 is 5.91 Å². The molecule has 158 valence electrons. The molecule has 1 amide bonds. The zero-order valence-electron chi connectivity index (χ0n) is 16.8. The number of hydrogen-bond acceptors (Lipinski definition) is 7. The second-order valence-corrected chi connectivity index (χ2v) is 6.87. The van der Waals surface area contributed by atoms with Gasteiger partial charge in [0.15, 0.2) is 5.82 Å². The van der Waals surface area contributed by atoms with E-state index in [1.807, 2.05) is 30.3 Å². The van der Waals surface area contributed by atoms with Crippen LogP contribution in [0.5, 0.6) is 0 Å². The highest BCUT2D eigenvalue weighted by Gasteiger charge is 2.24. The molecule has 0 saturated carbocycles. The SMILES string of the molecule is Cc1nc(C(NC(=O)CCCn2nnc(-c3ccccc3)n2)c2ccccc2F)no1. The van der Waals surface area contributed by atoms with E-state index in [9.17, 15) is 9.18 Å². The molecule has 9 nitrogen and oxygen atoms in total. The van der Waals surface area contributed by atoms with Gasteiger partial charge in [0.1, 0.15) is 11.9 Å². The van der Waals surface area contributed by atoms with Gasteiger partial charge in [-0.05, 0) is 17.7 Å². The van der Waals surface area contributed by atoms with E-state index in [2.05, 4.69) is 30.9 Å². The standard InChI is InChI=1S/C21H20FN7O2/c1-14-23-21(27-31-14)19(16-10-5-6-11-17(16)22)24-18(30)12-7-13-29-26-20(25-28-29)15-8-3-2-4-9-15/h2-6,8-11,19H,7,12-13H2,1H3,(H,24,30). The molecule has 31 heavy (non-hydrogen) atoms. The van der Waals surface area contributed by atoms with Gasteiger partial charge in [-0.25, -0.2) is 4.39 Å². The monoisotopic (exact) mass is 421 g/mol. The molecule has 0 fully saturated rings. The van der Waals surface area contributed by atoms with E-state index < -0.39 is 11.9 Å². The topological polar surface area (TPSA) is 112 Å². The summed E-state index contributed by atoms with van der Waals surface area (Å²) in [4.78, 5) is 18.2. The highest BCUT2D eigenvalue weighted by molar-refractivity contribution is 5.76. The van der Waals surface area contributed by atoms with Crippen LogP contribution in [0.3, 0.4) is 0 Å². The Morgan fingerprint density at radius 1 is 1.16 bits per heavy atom. The average molecular weight is 421 g/mol. The van der Waals surface area contributed by atoms with Crippen molar-refractivity contribution in [2.45, 2.75) is 32.4 Å². The molecule has 2 aromatic heterocycles. The van der Waals surface area contributed by atoms with E-state index in [0.29, 0.717) is 24.7 Å². The van der Waals surface area contributed by atoms with Crippen molar-refractivity contribution < 1.29 is 13.7 Å². The Hall–Kier alpha value is -3.95. The van der Waals surface area contributed by atoms with Gasteiger partial charge in [-0.1, -0.05) is 53.7 Å². The first kappa shape index (κ1) is 20.3. The summed E-state index contributed by atoms with van der Waals surface area (Å²) in [6, 6.07) is 14.8. The first-order chi connectivity index (χ1) is 15.1. The lowest BCUT2D eigenvalue weighted by Gasteiger charge is -2.16. The third-order valence-electron chi connectivity index (χ3n) is 4.57.